The van der Waals surface area contributed by atoms with Crippen LogP contribution < -0.4 is 4.72 Å². The average molecular weight is 367 g/mol. The van der Waals surface area contributed by atoms with Gasteiger partial charge in [0.2, 0.25) is 10.0 Å². The van der Waals surface area contributed by atoms with Crippen molar-refractivity contribution in [1.29, 1.82) is 0 Å². The molecule has 0 amide bonds. The molecule has 0 radical (unpaired) electrons. The molecule has 1 saturated heterocycles. The highest BCUT2D eigenvalue weighted by Crippen LogP contribution is 2.27. The smallest absolute Gasteiger partial charge is 0.263 e. The lowest BCUT2D eigenvalue weighted by Crippen LogP contribution is -2.29. The van der Waals surface area contributed by atoms with E-state index < -0.39 is 20.0 Å². The molecular formula is C15H17N3O4S2. The van der Waals surface area contributed by atoms with Crippen LogP contribution in [-0.4, -0.2) is 39.2 Å². The van der Waals surface area contributed by atoms with Gasteiger partial charge in [0.15, 0.2) is 0 Å². The molecule has 1 aliphatic rings. The average Bonchev–Trinajstić information content (AvgIpc) is 3.11. The Balaban J connectivity index is 2.03. The lowest BCUT2D eigenvalue weighted by molar-refractivity contribution is 0.475. The number of nitrogens with one attached hydrogen (secondary N) is 1. The Morgan fingerprint density at radius 1 is 0.875 bits per heavy atom. The molecule has 1 aromatic carbocycles. The Bertz CT molecular complexity index is 922. The minimum Gasteiger partial charge on any atom is -0.263 e. The molecule has 0 saturated carbocycles. The van der Waals surface area contributed by atoms with Crippen molar-refractivity contribution in [2.75, 3.05) is 17.8 Å². The largest absolute Gasteiger partial charge is 0.264 e. The van der Waals surface area contributed by atoms with Gasteiger partial charge in [0.25, 0.3) is 10.0 Å². The predicted octanol–water partition coefficient (Wildman–Crippen LogP) is 1.67. The zero-order chi connectivity index (χ0) is 17.2. The molecule has 1 fully saturated rings. The third-order valence-electron chi connectivity index (χ3n) is 3.73. The van der Waals surface area contributed by atoms with Crippen LogP contribution in [-0.2, 0) is 20.0 Å². The maximum atomic E-state index is 12.8. The zero-order valence-electron chi connectivity index (χ0n) is 12.8. The third-order valence-corrected chi connectivity index (χ3v) is 7.22. The first-order chi connectivity index (χ1) is 11.4. The van der Waals surface area contributed by atoms with Crippen LogP contribution >= 0.6 is 0 Å². The minimum atomic E-state index is -4.08. The van der Waals surface area contributed by atoms with Crippen LogP contribution in [0.3, 0.4) is 0 Å². The molecule has 9 heteroatoms. The Kier molecular flexibility index (Phi) is 4.57. The van der Waals surface area contributed by atoms with Gasteiger partial charge < -0.3 is 0 Å². The van der Waals surface area contributed by atoms with E-state index in [1.807, 2.05) is 0 Å². The van der Waals surface area contributed by atoms with Gasteiger partial charge in [-0.2, -0.15) is 4.31 Å². The number of anilines is 1. The molecule has 0 spiro atoms. The summed E-state index contributed by atoms with van der Waals surface area (Å²) in [5, 5.41) is 0. The van der Waals surface area contributed by atoms with Gasteiger partial charge in [-0.3, -0.25) is 4.72 Å². The molecule has 0 aliphatic carbocycles. The SMILES string of the molecule is O=S(=O)(Nc1ccccn1)c1ccccc1S(=O)(=O)N1CCCC1. The summed E-state index contributed by atoms with van der Waals surface area (Å²) in [5.74, 6) is 0.130. The quantitative estimate of drug-likeness (QED) is 0.867. The summed E-state index contributed by atoms with van der Waals surface area (Å²) in [5.41, 5.74) is 0. The van der Waals surface area contributed by atoms with E-state index in [0.29, 0.717) is 13.1 Å². The van der Waals surface area contributed by atoms with Crippen LogP contribution in [0.5, 0.6) is 0 Å². The van der Waals surface area contributed by atoms with Gasteiger partial charge in [-0.05, 0) is 37.1 Å². The molecule has 1 aliphatic heterocycles. The summed E-state index contributed by atoms with van der Waals surface area (Å²) in [6, 6.07) is 10.4. The van der Waals surface area contributed by atoms with E-state index in [9.17, 15) is 16.8 Å². The summed E-state index contributed by atoms with van der Waals surface area (Å²) < 4.78 is 54.5. The van der Waals surface area contributed by atoms with Gasteiger partial charge in [-0.15, -0.1) is 0 Å². The molecule has 0 atom stereocenters. The Morgan fingerprint density at radius 2 is 1.50 bits per heavy atom. The molecule has 1 aromatic heterocycles. The number of hydrogen-bond acceptors (Lipinski definition) is 5. The lowest BCUT2D eigenvalue weighted by atomic mass is 10.4. The van der Waals surface area contributed by atoms with E-state index >= 15 is 0 Å². The van der Waals surface area contributed by atoms with Crippen molar-refractivity contribution in [3.8, 4) is 0 Å². The van der Waals surface area contributed by atoms with Crippen molar-refractivity contribution in [3.63, 3.8) is 0 Å². The van der Waals surface area contributed by atoms with Gasteiger partial charge in [-0.1, -0.05) is 18.2 Å². The number of hydrogen-bond donors (Lipinski definition) is 1. The Labute approximate surface area is 141 Å². The highest BCUT2D eigenvalue weighted by atomic mass is 32.2. The van der Waals surface area contributed by atoms with Crippen molar-refractivity contribution >= 4 is 25.9 Å². The van der Waals surface area contributed by atoms with Crippen LogP contribution in [0.1, 0.15) is 12.8 Å². The predicted molar refractivity (Wildman–Crippen MR) is 89.5 cm³/mol. The monoisotopic (exact) mass is 367 g/mol. The Hall–Kier alpha value is -1.97. The fourth-order valence-electron chi connectivity index (χ4n) is 2.57. The van der Waals surface area contributed by atoms with Crippen molar-refractivity contribution in [1.82, 2.24) is 9.29 Å². The van der Waals surface area contributed by atoms with E-state index in [0.717, 1.165) is 12.8 Å². The molecule has 3 rings (SSSR count). The second kappa shape index (κ2) is 6.50. The summed E-state index contributed by atoms with van der Waals surface area (Å²) in [6.45, 7) is 0.814. The molecule has 2 aromatic rings. The molecule has 0 unspecified atom stereocenters. The third kappa shape index (κ3) is 3.28. The normalized spacial score (nSPS) is 16.2. The van der Waals surface area contributed by atoms with Crippen LogP contribution in [0, 0.1) is 0 Å². The highest BCUT2D eigenvalue weighted by molar-refractivity contribution is 7.94. The van der Waals surface area contributed by atoms with Gasteiger partial charge in [0.1, 0.15) is 15.6 Å². The van der Waals surface area contributed by atoms with Crippen molar-refractivity contribution < 1.29 is 16.8 Å². The van der Waals surface area contributed by atoms with Gasteiger partial charge in [-0.25, -0.2) is 21.8 Å². The molecule has 0 bridgehead atoms. The Morgan fingerprint density at radius 3 is 2.12 bits per heavy atom. The van der Waals surface area contributed by atoms with Gasteiger partial charge >= 0.3 is 0 Å². The second-order valence-electron chi connectivity index (χ2n) is 5.38. The fourth-order valence-corrected chi connectivity index (χ4v) is 5.90. The number of pyridine rings is 1. The van der Waals surface area contributed by atoms with E-state index in [2.05, 4.69) is 9.71 Å². The summed E-state index contributed by atoms with van der Waals surface area (Å²) >= 11 is 0. The maximum Gasteiger partial charge on any atom is 0.264 e. The molecule has 128 valence electrons. The zero-order valence-corrected chi connectivity index (χ0v) is 14.4. The van der Waals surface area contributed by atoms with Gasteiger partial charge in [0.05, 0.1) is 0 Å². The fraction of sp³-hybridized carbons (Fsp3) is 0.267. The van der Waals surface area contributed by atoms with E-state index in [1.54, 1.807) is 12.1 Å². The molecular weight excluding hydrogens is 350 g/mol. The summed E-state index contributed by atoms with van der Waals surface area (Å²) in [7, 11) is -7.93. The van der Waals surface area contributed by atoms with Crippen LogP contribution in [0.15, 0.2) is 58.5 Å². The topological polar surface area (TPSA) is 96.4 Å². The number of rotatable bonds is 5. The van der Waals surface area contributed by atoms with Crippen LogP contribution in [0.4, 0.5) is 5.82 Å². The van der Waals surface area contributed by atoms with Crippen molar-refractivity contribution in [2.24, 2.45) is 0 Å². The van der Waals surface area contributed by atoms with E-state index in [-0.39, 0.29) is 15.6 Å². The maximum absolute atomic E-state index is 12.8. The molecule has 1 N–H and O–H groups in total. The number of nitrogens with zero attached hydrogens (tertiary/aromatic N) is 2. The highest BCUT2D eigenvalue weighted by Gasteiger charge is 2.32. The summed E-state index contributed by atoms with van der Waals surface area (Å²) in [6.07, 6.45) is 3.01. The molecule has 7 nitrogen and oxygen atoms in total. The van der Waals surface area contributed by atoms with E-state index in [4.69, 9.17) is 0 Å². The van der Waals surface area contributed by atoms with Crippen molar-refractivity contribution in [3.05, 3.63) is 48.7 Å². The van der Waals surface area contributed by atoms with Crippen LogP contribution in [0.25, 0.3) is 0 Å². The van der Waals surface area contributed by atoms with E-state index in [1.165, 1.54) is 40.8 Å². The standard InChI is InChI=1S/C15H17N3O4S2/c19-23(20,17-15-9-3-4-10-16-15)13-7-1-2-8-14(13)24(21,22)18-11-5-6-12-18/h1-4,7-10H,5-6,11-12H2,(H,16,17). The van der Waals surface area contributed by atoms with Crippen molar-refractivity contribution in [2.45, 2.75) is 22.6 Å². The number of aromatic nitrogens is 1. The molecule has 24 heavy (non-hydrogen) atoms. The first-order valence-electron chi connectivity index (χ1n) is 7.44. The first kappa shape index (κ1) is 16.9. The number of benzene rings is 1. The number of sulfonamides is 2. The minimum absolute atomic E-state index is 0.130. The van der Waals surface area contributed by atoms with Gasteiger partial charge in [0, 0.05) is 19.3 Å². The molecule has 2 heterocycles. The lowest BCUT2D eigenvalue weighted by Gasteiger charge is -2.18. The first-order valence-corrected chi connectivity index (χ1v) is 10.4. The van der Waals surface area contributed by atoms with Crippen LogP contribution in [0.2, 0.25) is 0 Å². The second-order valence-corrected chi connectivity index (χ2v) is 8.94. The summed E-state index contributed by atoms with van der Waals surface area (Å²) in [4.78, 5) is 3.42.